The topological polar surface area (TPSA) is 186 Å². The van der Waals surface area contributed by atoms with E-state index in [-0.39, 0.29) is 31.1 Å². The normalized spacial score (nSPS) is 42.9. The standard InChI is InChI=1S/C44H76N2O13/c1-11-34-31(25-55-43-41(54-10)35(53-9)24-44(6,52)59-43)21-26(2)15-16-32(47)27(3)22-30(17-20-46-18-13-12-14-19-46)40(28(4)33(48)23-36(49)57-34)58-42-39(51)37(45(7)8)38(50)29(5)56-42/h15-16,21,27-31,33-35,37-43,48,50-52H,11-14,17-20,22-25H2,1-10H3/b16-15+,26-21+. The summed E-state index contributed by atoms with van der Waals surface area (Å²) in [7, 11) is 6.60. The van der Waals surface area contributed by atoms with Gasteiger partial charge in [-0.25, -0.2) is 0 Å². The smallest absolute Gasteiger partial charge is 0.308 e. The quantitative estimate of drug-likeness (QED) is 0.210. The number of ether oxygens (including phenoxy) is 7. The first-order chi connectivity index (χ1) is 27.9. The van der Waals surface area contributed by atoms with Crippen LogP contribution in [-0.4, -0.2) is 170 Å². The lowest BCUT2D eigenvalue weighted by Crippen LogP contribution is -2.63. The molecule has 15 nitrogen and oxygen atoms in total. The molecule has 0 aromatic heterocycles. The third-order valence-corrected chi connectivity index (χ3v) is 12.8. The van der Waals surface area contributed by atoms with Gasteiger partial charge in [0.05, 0.1) is 49.6 Å². The van der Waals surface area contributed by atoms with Crippen molar-refractivity contribution in [3.63, 3.8) is 0 Å². The Morgan fingerprint density at radius 3 is 2.29 bits per heavy atom. The van der Waals surface area contributed by atoms with E-state index in [2.05, 4.69) is 4.90 Å². The molecule has 59 heavy (non-hydrogen) atoms. The largest absolute Gasteiger partial charge is 0.462 e. The van der Waals surface area contributed by atoms with E-state index in [0.717, 1.165) is 38.0 Å². The molecule has 0 aromatic rings. The number of piperidine rings is 1. The number of esters is 1. The highest BCUT2D eigenvalue weighted by atomic mass is 16.8. The molecule has 3 fully saturated rings. The predicted octanol–water partition coefficient (Wildman–Crippen LogP) is 3.20. The number of allylic oxidation sites excluding steroid dienone is 3. The van der Waals surface area contributed by atoms with Crippen LogP contribution in [-0.2, 0) is 42.7 Å². The molecular formula is C44H76N2O13. The Kier molecular flexibility index (Phi) is 19.4. The molecule has 3 saturated heterocycles. The third kappa shape index (κ3) is 13.8. The van der Waals surface area contributed by atoms with E-state index < -0.39 is 97.0 Å². The van der Waals surface area contributed by atoms with Gasteiger partial charge in [0.15, 0.2) is 24.2 Å². The van der Waals surface area contributed by atoms with E-state index in [1.165, 1.54) is 27.6 Å². The van der Waals surface area contributed by atoms with Crippen LogP contribution in [0.15, 0.2) is 23.8 Å². The van der Waals surface area contributed by atoms with Crippen molar-refractivity contribution in [1.82, 2.24) is 9.80 Å². The van der Waals surface area contributed by atoms with Crippen LogP contribution in [0.2, 0.25) is 0 Å². The number of carbonyl (C=O) groups excluding carboxylic acids is 2. The van der Waals surface area contributed by atoms with Gasteiger partial charge in [0.1, 0.15) is 18.3 Å². The van der Waals surface area contributed by atoms with Crippen molar-refractivity contribution in [2.75, 3.05) is 54.6 Å². The Balaban J connectivity index is 1.67. The van der Waals surface area contributed by atoms with Crippen molar-refractivity contribution in [3.8, 4) is 0 Å². The molecular weight excluding hydrogens is 764 g/mol. The second-order valence-corrected chi connectivity index (χ2v) is 17.9. The fourth-order valence-electron chi connectivity index (χ4n) is 9.22. The lowest BCUT2D eigenvalue weighted by atomic mass is 9.79. The summed E-state index contributed by atoms with van der Waals surface area (Å²) in [6.07, 6.45) is 1.20. The van der Waals surface area contributed by atoms with Crippen LogP contribution in [0.25, 0.3) is 0 Å². The predicted molar refractivity (Wildman–Crippen MR) is 220 cm³/mol. The maximum absolute atomic E-state index is 13.9. The molecule has 4 aliphatic heterocycles. The van der Waals surface area contributed by atoms with Crippen LogP contribution in [0.5, 0.6) is 0 Å². The first-order valence-electron chi connectivity index (χ1n) is 21.8. The van der Waals surface area contributed by atoms with Gasteiger partial charge in [-0.15, -0.1) is 0 Å². The molecule has 0 bridgehead atoms. The number of nitrogens with zero attached hydrogens (tertiary/aromatic N) is 2. The zero-order valence-corrected chi connectivity index (χ0v) is 37.2. The molecule has 0 amide bonds. The van der Waals surface area contributed by atoms with Crippen LogP contribution < -0.4 is 0 Å². The summed E-state index contributed by atoms with van der Waals surface area (Å²) < 4.78 is 42.4. The summed E-state index contributed by atoms with van der Waals surface area (Å²) in [6.45, 7) is 13.5. The van der Waals surface area contributed by atoms with Crippen LogP contribution in [0, 0.1) is 23.7 Å². The zero-order valence-electron chi connectivity index (χ0n) is 37.2. The number of hydrogen-bond donors (Lipinski definition) is 4. The number of ketones is 1. The number of likely N-dealkylation sites (tertiary alicyclic amines) is 1. The summed E-state index contributed by atoms with van der Waals surface area (Å²) in [5.74, 6) is -4.08. The van der Waals surface area contributed by atoms with Gasteiger partial charge in [-0.05, 0) is 98.6 Å². The number of aliphatic hydroxyl groups is 4. The van der Waals surface area contributed by atoms with Gasteiger partial charge >= 0.3 is 5.97 Å². The Bertz CT molecular complexity index is 1370. The minimum atomic E-state index is -1.53. The van der Waals surface area contributed by atoms with Gasteiger partial charge in [-0.1, -0.05) is 44.9 Å². The summed E-state index contributed by atoms with van der Waals surface area (Å²) in [6, 6.07) is -0.679. The fourth-order valence-corrected chi connectivity index (χ4v) is 9.22. The minimum Gasteiger partial charge on any atom is -0.462 e. The van der Waals surface area contributed by atoms with Crippen molar-refractivity contribution < 1.29 is 63.2 Å². The van der Waals surface area contributed by atoms with E-state index in [1.54, 1.807) is 38.1 Å². The average molecular weight is 841 g/mol. The molecule has 0 radical (unpaired) electrons. The van der Waals surface area contributed by atoms with Gasteiger partial charge in [-0.3, -0.25) is 9.59 Å². The van der Waals surface area contributed by atoms with E-state index in [0.29, 0.717) is 19.3 Å². The number of cyclic esters (lactones) is 1. The van der Waals surface area contributed by atoms with Crippen molar-refractivity contribution in [1.29, 1.82) is 0 Å². The van der Waals surface area contributed by atoms with Gasteiger partial charge in [0, 0.05) is 38.4 Å². The molecule has 4 heterocycles. The van der Waals surface area contributed by atoms with E-state index in [9.17, 15) is 30.0 Å². The van der Waals surface area contributed by atoms with Gasteiger partial charge in [-0.2, -0.15) is 0 Å². The van der Waals surface area contributed by atoms with Crippen molar-refractivity contribution in [2.45, 2.75) is 166 Å². The molecule has 16 unspecified atom stereocenters. The Morgan fingerprint density at radius 2 is 1.66 bits per heavy atom. The first kappa shape index (κ1) is 49.8. The molecule has 4 rings (SSSR count). The number of likely N-dealkylation sites (N-methyl/N-ethyl adjacent to an activating group) is 1. The summed E-state index contributed by atoms with van der Waals surface area (Å²) in [5.41, 5.74) is 0.752. The van der Waals surface area contributed by atoms with Crippen molar-refractivity contribution >= 4 is 11.8 Å². The highest BCUT2D eigenvalue weighted by Crippen LogP contribution is 2.36. The van der Waals surface area contributed by atoms with Crippen molar-refractivity contribution in [2.24, 2.45) is 23.7 Å². The molecule has 4 aliphatic rings. The maximum atomic E-state index is 13.9. The molecule has 0 aliphatic carbocycles. The van der Waals surface area contributed by atoms with Crippen LogP contribution in [0.1, 0.15) is 92.9 Å². The van der Waals surface area contributed by atoms with Crippen molar-refractivity contribution in [3.05, 3.63) is 23.8 Å². The highest BCUT2D eigenvalue weighted by molar-refractivity contribution is 5.91. The first-order valence-corrected chi connectivity index (χ1v) is 21.8. The second kappa shape index (κ2) is 23.0. The molecule has 0 aromatic carbocycles. The Labute approximate surface area is 352 Å². The Morgan fingerprint density at radius 1 is 0.966 bits per heavy atom. The summed E-state index contributed by atoms with van der Waals surface area (Å²) in [4.78, 5) is 31.9. The summed E-state index contributed by atoms with van der Waals surface area (Å²) in [5, 5.41) is 45.2. The fraction of sp³-hybridized carbons (Fsp3) is 0.864. The monoisotopic (exact) mass is 841 g/mol. The third-order valence-electron chi connectivity index (χ3n) is 12.8. The summed E-state index contributed by atoms with van der Waals surface area (Å²) >= 11 is 0. The lowest BCUT2D eigenvalue weighted by Gasteiger charge is -2.47. The number of hydrogen-bond acceptors (Lipinski definition) is 15. The number of carbonyl (C=O) groups is 2. The van der Waals surface area contributed by atoms with Crippen LogP contribution in [0.3, 0.4) is 0 Å². The van der Waals surface area contributed by atoms with E-state index in [1.807, 2.05) is 33.8 Å². The molecule has 0 saturated carbocycles. The lowest BCUT2D eigenvalue weighted by molar-refractivity contribution is -0.357. The van der Waals surface area contributed by atoms with Crippen LogP contribution in [0.4, 0.5) is 0 Å². The number of aliphatic hydroxyl groups excluding tert-OH is 3. The van der Waals surface area contributed by atoms with Gasteiger partial charge < -0.3 is 63.4 Å². The Hall–Kier alpha value is -1.86. The molecule has 4 N–H and O–H groups in total. The molecule has 15 heteroatoms. The van der Waals surface area contributed by atoms with Crippen LogP contribution >= 0.6 is 0 Å². The molecule has 16 atom stereocenters. The zero-order chi connectivity index (χ0) is 43.6. The SMILES string of the molecule is CCC1OC(=O)CC(O)C(C)C(OC2OC(C)C(O)C(N(C)C)C2O)C(CCN2CCCCC2)CC(C)C(=O)/C=C/C(C)=C/C1COC1OC(C)(O)CC(OC)C1OC. The molecule has 0 spiro atoms. The average Bonchev–Trinajstić information content (AvgIpc) is 3.19. The van der Waals surface area contributed by atoms with Gasteiger partial charge in [0.2, 0.25) is 0 Å². The maximum Gasteiger partial charge on any atom is 0.308 e. The second-order valence-electron chi connectivity index (χ2n) is 17.9. The minimum absolute atomic E-state index is 0.0106. The van der Waals surface area contributed by atoms with E-state index >= 15 is 0 Å². The number of methoxy groups -OCH3 is 2. The van der Waals surface area contributed by atoms with Gasteiger partial charge in [0.25, 0.3) is 0 Å². The van der Waals surface area contributed by atoms with E-state index in [4.69, 9.17) is 33.2 Å². The molecule has 340 valence electrons. The highest BCUT2D eigenvalue weighted by Gasteiger charge is 2.48. The number of rotatable bonds is 12.